The van der Waals surface area contributed by atoms with Crippen molar-refractivity contribution in [3.63, 3.8) is 0 Å². The van der Waals surface area contributed by atoms with E-state index >= 15 is 0 Å². The zero-order chi connectivity index (χ0) is 25.2. The van der Waals surface area contributed by atoms with Crippen molar-refractivity contribution in [1.29, 1.82) is 0 Å². The Balaban J connectivity index is 1.47. The molecule has 2 amide bonds. The van der Waals surface area contributed by atoms with Crippen LogP contribution in [0, 0.1) is 5.41 Å². The van der Waals surface area contributed by atoms with Crippen LogP contribution in [0.1, 0.15) is 38.0 Å². The first-order valence-electron chi connectivity index (χ1n) is 11.4. The molecule has 4 rings (SSSR count). The van der Waals surface area contributed by atoms with E-state index in [0.717, 1.165) is 11.1 Å². The molecule has 0 aromatic heterocycles. The van der Waals surface area contributed by atoms with Gasteiger partial charge in [-0.05, 0) is 31.9 Å². The zero-order valence-corrected chi connectivity index (χ0v) is 21.5. The van der Waals surface area contributed by atoms with Crippen LogP contribution in [-0.2, 0) is 19.1 Å². The second-order valence-electron chi connectivity index (χ2n) is 9.81. The van der Waals surface area contributed by atoms with Crippen molar-refractivity contribution in [3.8, 4) is 0 Å². The van der Waals surface area contributed by atoms with Crippen LogP contribution in [0.3, 0.4) is 0 Å². The van der Waals surface area contributed by atoms with Crippen molar-refractivity contribution >= 4 is 41.3 Å². The lowest BCUT2D eigenvalue weighted by molar-refractivity contribution is -0.163. The van der Waals surface area contributed by atoms with Gasteiger partial charge in [0, 0.05) is 18.2 Å². The number of benzene rings is 2. The Bertz CT molecular complexity index is 1040. The zero-order valence-electron chi connectivity index (χ0n) is 19.9. The molecule has 0 saturated carbocycles. The van der Waals surface area contributed by atoms with Gasteiger partial charge >= 0.3 is 12.1 Å². The van der Waals surface area contributed by atoms with E-state index in [4.69, 9.17) is 21.1 Å². The minimum atomic E-state index is -1.06. The number of ether oxygens (including phenoxy) is 2. The number of nitrogens with zero attached hydrogens (tertiary/aromatic N) is 1. The van der Waals surface area contributed by atoms with Crippen molar-refractivity contribution in [2.75, 3.05) is 18.2 Å². The van der Waals surface area contributed by atoms with Crippen LogP contribution in [0.4, 0.5) is 4.79 Å². The fourth-order valence-corrected chi connectivity index (χ4v) is 6.07. The SMILES string of the molecule is CC(C)(C)OC(=O)NC1C(=O)N2CC(CCl)(C(=O)OC(c3ccccc3)c3ccccc3)CS[C@H]12. The second-order valence-corrected chi connectivity index (χ2v) is 11.2. The smallest absolute Gasteiger partial charge is 0.408 e. The van der Waals surface area contributed by atoms with Gasteiger partial charge in [-0.2, -0.15) is 0 Å². The van der Waals surface area contributed by atoms with Gasteiger partial charge in [0.15, 0.2) is 6.10 Å². The van der Waals surface area contributed by atoms with Crippen molar-refractivity contribution in [2.24, 2.45) is 5.41 Å². The third-order valence-corrected chi connectivity index (χ3v) is 8.03. The Hall–Kier alpha value is -2.71. The van der Waals surface area contributed by atoms with Gasteiger partial charge < -0.3 is 19.7 Å². The van der Waals surface area contributed by atoms with E-state index in [0.29, 0.717) is 5.75 Å². The summed E-state index contributed by atoms with van der Waals surface area (Å²) in [7, 11) is 0. The molecule has 2 aromatic rings. The van der Waals surface area contributed by atoms with Crippen LogP contribution >= 0.6 is 23.4 Å². The van der Waals surface area contributed by atoms with Gasteiger partial charge in [0.1, 0.15) is 22.4 Å². The highest BCUT2D eigenvalue weighted by Gasteiger charge is 2.58. The molecule has 35 heavy (non-hydrogen) atoms. The second kappa shape index (κ2) is 10.1. The summed E-state index contributed by atoms with van der Waals surface area (Å²) in [6, 6.07) is 18.4. The third kappa shape index (κ3) is 5.43. The molecule has 9 heteroatoms. The summed E-state index contributed by atoms with van der Waals surface area (Å²) in [6.07, 6.45) is -1.24. The van der Waals surface area contributed by atoms with Crippen LogP contribution < -0.4 is 5.32 Å². The third-order valence-electron chi connectivity index (χ3n) is 5.94. The van der Waals surface area contributed by atoms with Gasteiger partial charge in [-0.25, -0.2) is 4.79 Å². The van der Waals surface area contributed by atoms with E-state index in [1.54, 1.807) is 25.7 Å². The Kier molecular flexibility index (Phi) is 7.33. The van der Waals surface area contributed by atoms with E-state index in [-0.39, 0.29) is 23.7 Å². The molecule has 2 heterocycles. The lowest BCUT2D eigenvalue weighted by Gasteiger charge is -2.53. The number of esters is 1. The molecule has 2 aromatic carbocycles. The number of thioether (sulfide) groups is 1. The van der Waals surface area contributed by atoms with E-state index in [9.17, 15) is 14.4 Å². The fourth-order valence-electron chi connectivity index (χ4n) is 4.14. The fraction of sp³-hybridized carbons (Fsp3) is 0.423. The lowest BCUT2D eigenvalue weighted by atomic mass is 9.89. The number of fused-ring (bicyclic) bond motifs is 1. The molecule has 2 aliphatic rings. The molecule has 0 bridgehead atoms. The predicted molar refractivity (Wildman–Crippen MR) is 135 cm³/mol. The summed E-state index contributed by atoms with van der Waals surface area (Å²) in [5.41, 5.74) is -0.0293. The standard InChI is InChI=1S/C26H29ClN2O5S/c1-25(2,3)34-24(32)28-19-21(30)29-15-26(14-27,16-35-22(19)29)23(31)33-20(17-10-6-4-7-11-17)18-12-8-5-9-13-18/h4-13,19-20,22H,14-16H2,1-3H3,(H,28,32)/t19?,22-,26?/m1/s1. The molecule has 7 nitrogen and oxygen atoms in total. The van der Waals surface area contributed by atoms with E-state index in [2.05, 4.69) is 5.32 Å². The first-order chi connectivity index (χ1) is 16.6. The van der Waals surface area contributed by atoms with Gasteiger partial charge in [-0.3, -0.25) is 9.59 Å². The highest BCUT2D eigenvalue weighted by molar-refractivity contribution is 8.00. The molecule has 0 aliphatic carbocycles. The minimum absolute atomic E-state index is 0.00972. The number of carbonyl (C=O) groups is 3. The Morgan fingerprint density at radius 3 is 2.20 bits per heavy atom. The Morgan fingerprint density at radius 2 is 1.69 bits per heavy atom. The van der Waals surface area contributed by atoms with Crippen molar-refractivity contribution < 1.29 is 23.9 Å². The van der Waals surface area contributed by atoms with Crippen molar-refractivity contribution in [3.05, 3.63) is 71.8 Å². The highest BCUT2D eigenvalue weighted by atomic mass is 35.5. The highest BCUT2D eigenvalue weighted by Crippen LogP contribution is 2.44. The number of nitrogens with one attached hydrogen (secondary N) is 1. The summed E-state index contributed by atoms with van der Waals surface area (Å²) < 4.78 is 11.4. The van der Waals surface area contributed by atoms with Gasteiger partial charge in [-0.15, -0.1) is 23.4 Å². The van der Waals surface area contributed by atoms with Crippen LogP contribution in [0.25, 0.3) is 0 Å². The molecule has 2 fully saturated rings. The van der Waals surface area contributed by atoms with Crippen molar-refractivity contribution in [2.45, 2.75) is 43.9 Å². The summed E-state index contributed by atoms with van der Waals surface area (Å²) in [4.78, 5) is 40.1. The molecule has 2 aliphatic heterocycles. The van der Waals surface area contributed by atoms with Crippen LogP contribution in [0.5, 0.6) is 0 Å². The van der Waals surface area contributed by atoms with Crippen molar-refractivity contribution in [1.82, 2.24) is 10.2 Å². The predicted octanol–water partition coefficient (Wildman–Crippen LogP) is 4.35. The van der Waals surface area contributed by atoms with E-state index in [1.165, 1.54) is 11.8 Å². The number of alkyl halides is 1. The first kappa shape index (κ1) is 25.4. The molecule has 1 N–H and O–H groups in total. The molecule has 0 spiro atoms. The normalized spacial score (nSPS) is 23.8. The van der Waals surface area contributed by atoms with Gasteiger partial charge in [0.05, 0.1) is 0 Å². The number of hydrogen-bond acceptors (Lipinski definition) is 6. The summed E-state index contributed by atoms with van der Waals surface area (Å²) in [5.74, 6) is -0.340. The maximum absolute atomic E-state index is 13.6. The lowest BCUT2D eigenvalue weighted by Crippen LogP contribution is -2.74. The van der Waals surface area contributed by atoms with Gasteiger partial charge in [-0.1, -0.05) is 60.7 Å². The summed E-state index contributed by atoms with van der Waals surface area (Å²) in [5, 5.41) is 2.37. The quantitative estimate of drug-likeness (QED) is 0.349. The summed E-state index contributed by atoms with van der Waals surface area (Å²) >= 11 is 7.76. The van der Waals surface area contributed by atoms with E-state index in [1.807, 2.05) is 60.7 Å². The van der Waals surface area contributed by atoms with E-state index < -0.39 is 35.2 Å². The molecule has 186 valence electrons. The maximum atomic E-state index is 13.6. The Labute approximate surface area is 214 Å². The van der Waals surface area contributed by atoms with Crippen LogP contribution in [0.2, 0.25) is 0 Å². The minimum Gasteiger partial charge on any atom is -0.452 e. The first-order valence-corrected chi connectivity index (χ1v) is 13.0. The number of β-lactam (4-membered cyclic amide) rings is 1. The van der Waals surface area contributed by atoms with Crippen LogP contribution in [-0.4, -0.2) is 58.1 Å². The number of rotatable bonds is 6. The average molecular weight is 517 g/mol. The average Bonchev–Trinajstić information content (AvgIpc) is 2.85. The molecule has 0 radical (unpaired) electrons. The molecular weight excluding hydrogens is 488 g/mol. The maximum Gasteiger partial charge on any atom is 0.408 e. The summed E-state index contributed by atoms with van der Waals surface area (Å²) in [6.45, 7) is 5.41. The number of halogens is 1. The Morgan fingerprint density at radius 1 is 1.11 bits per heavy atom. The van der Waals surface area contributed by atoms with Gasteiger partial charge in [0.2, 0.25) is 5.91 Å². The van der Waals surface area contributed by atoms with Crippen LogP contribution in [0.15, 0.2) is 60.7 Å². The molecular formula is C26H29ClN2O5S. The largest absolute Gasteiger partial charge is 0.452 e. The topological polar surface area (TPSA) is 84.9 Å². The van der Waals surface area contributed by atoms with Gasteiger partial charge in [0.25, 0.3) is 0 Å². The monoisotopic (exact) mass is 516 g/mol. The number of amides is 2. The number of carbonyl (C=O) groups excluding carboxylic acids is 3. The molecule has 2 unspecified atom stereocenters. The molecule has 2 saturated heterocycles. The number of hydrogen-bond donors (Lipinski definition) is 1. The number of alkyl carbamates (subject to hydrolysis) is 1. The molecule has 3 atom stereocenters.